The van der Waals surface area contributed by atoms with Crippen molar-refractivity contribution in [3.8, 4) is 0 Å². The first-order chi connectivity index (χ1) is 7.14. The normalized spacial score (nSPS) is 41.0. The Bertz CT molecular complexity index is 346. The fraction of sp³-hybridized carbons (Fsp3) is 0.889. The van der Waals surface area contributed by atoms with Crippen molar-refractivity contribution >= 4 is 5.91 Å². The van der Waals surface area contributed by atoms with Crippen LogP contribution in [0.3, 0.4) is 0 Å². The van der Waals surface area contributed by atoms with Crippen LogP contribution >= 0.6 is 0 Å². The summed E-state index contributed by atoms with van der Waals surface area (Å²) in [6.45, 7) is 0.400. The molecule has 0 spiro atoms. The smallest absolute Gasteiger partial charge is 0.356 e. The summed E-state index contributed by atoms with van der Waals surface area (Å²) in [6.07, 6.45) is -0.976. The molecular formula is C9H11F4NO2. The summed E-state index contributed by atoms with van der Waals surface area (Å²) >= 11 is 0. The molecule has 92 valence electrons. The predicted molar refractivity (Wildman–Crippen MR) is 45.0 cm³/mol. The van der Waals surface area contributed by atoms with Gasteiger partial charge in [-0.3, -0.25) is 4.79 Å². The third-order valence-corrected chi connectivity index (χ3v) is 3.43. The van der Waals surface area contributed by atoms with Crippen LogP contribution in [0, 0.1) is 5.92 Å². The van der Waals surface area contributed by atoms with Gasteiger partial charge in [0.05, 0.1) is 0 Å². The highest BCUT2D eigenvalue weighted by Crippen LogP contribution is 2.55. The Hall–Kier alpha value is -0.850. The highest BCUT2D eigenvalue weighted by molar-refractivity contribution is 5.80. The van der Waals surface area contributed by atoms with Crippen molar-refractivity contribution in [1.29, 1.82) is 0 Å². The summed E-state index contributed by atoms with van der Waals surface area (Å²) < 4.78 is 53.8. The van der Waals surface area contributed by atoms with Crippen LogP contribution in [-0.4, -0.2) is 40.0 Å². The zero-order valence-corrected chi connectivity index (χ0v) is 8.51. The van der Waals surface area contributed by atoms with Gasteiger partial charge in [0, 0.05) is 25.3 Å². The molecule has 1 amide bonds. The Balaban J connectivity index is 2.50. The van der Waals surface area contributed by atoms with E-state index in [0.29, 0.717) is 4.90 Å². The topological polar surface area (TPSA) is 40.5 Å². The zero-order chi connectivity index (χ0) is 12.4. The highest BCUT2D eigenvalue weighted by Gasteiger charge is 2.77. The number of fused-ring (bicyclic) bond motifs is 1. The van der Waals surface area contributed by atoms with Crippen molar-refractivity contribution in [3.05, 3.63) is 0 Å². The second-order valence-corrected chi connectivity index (χ2v) is 4.42. The average Bonchev–Trinajstić information content (AvgIpc) is 2.45. The molecular weight excluding hydrogens is 230 g/mol. The van der Waals surface area contributed by atoms with E-state index in [0.717, 1.165) is 6.92 Å². The summed E-state index contributed by atoms with van der Waals surface area (Å²) in [6, 6.07) is 0. The fourth-order valence-corrected chi connectivity index (χ4v) is 2.30. The Kier molecular flexibility index (Phi) is 2.09. The van der Waals surface area contributed by atoms with Gasteiger partial charge in [-0.05, 0) is 0 Å². The van der Waals surface area contributed by atoms with Gasteiger partial charge in [-0.1, -0.05) is 6.92 Å². The van der Waals surface area contributed by atoms with Gasteiger partial charge in [0.15, 0.2) is 0 Å². The number of carbonyl (C=O) groups is 1. The van der Waals surface area contributed by atoms with Crippen LogP contribution in [0.4, 0.5) is 17.6 Å². The van der Waals surface area contributed by atoms with E-state index in [2.05, 4.69) is 0 Å². The molecule has 2 aliphatic rings. The minimum Gasteiger partial charge on any atom is -0.365 e. The largest absolute Gasteiger partial charge is 0.365 e. The number of halogens is 4. The van der Waals surface area contributed by atoms with Gasteiger partial charge < -0.3 is 10.0 Å². The number of piperidine rings is 1. The quantitative estimate of drug-likeness (QED) is 0.648. The van der Waals surface area contributed by atoms with E-state index in [-0.39, 0.29) is 6.42 Å². The van der Waals surface area contributed by atoms with Crippen molar-refractivity contribution in [3.63, 3.8) is 0 Å². The first-order valence-corrected chi connectivity index (χ1v) is 4.93. The lowest BCUT2D eigenvalue weighted by atomic mass is 9.84. The van der Waals surface area contributed by atoms with Gasteiger partial charge in [-0.2, -0.15) is 17.6 Å². The molecule has 0 saturated carbocycles. The number of hydrogen-bond acceptors (Lipinski definition) is 2. The molecule has 7 heteroatoms. The molecule has 0 aromatic rings. The molecule has 2 unspecified atom stereocenters. The first kappa shape index (κ1) is 11.6. The van der Waals surface area contributed by atoms with Gasteiger partial charge in [-0.15, -0.1) is 0 Å². The van der Waals surface area contributed by atoms with Crippen molar-refractivity contribution < 1.29 is 27.5 Å². The summed E-state index contributed by atoms with van der Waals surface area (Å²) in [5.74, 6) is -11.3. The maximum Gasteiger partial charge on any atom is 0.356 e. The van der Waals surface area contributed by atoms with E-state index in [1.807, 2.05) is 0 Å². The number of hydrogen-bond donors (Lipinski definition) is 1. The predicted octanol–water partition coefficient (Wildman–Crippen LogP) is 1.22. The number of amides is 1. The summed E-state index contributed by atoms with van der Waals surface area (Å²) in [5, 5.41) is 9.64. The second kappa shape index (κ2) is 2.88. The van der Waals surface area contributed by atoms with E-state index in [1.54, 1.807) is 0 Å². The first-order valence-electron chi connectivity index (χ1n) is 4.93. The molecule has 0 bridgehead atoms. The van der Waals surface area contributed by atoms with Crippen molar-refractivity contribution in [2.24, 2.45) is 5.92 Å². The number of nitrogens with zero attached hydrogens (tertiary/aromatic N) is 1. The van der Waals surface area contributed by atoms with Crippen LogP contribution in [0.15, 0.2) is 0 Å². The van der Waals surface area contributed by atoms with E-state index in [9.17, 15) is 27.5 Å². The van der Waals surface area contributed by atoms with Crippen LogP contribution in [0.5, 0.6) is 0 Å². The van der Waals surface area contributed by atoms with E-state index in [4.69, 9.17) is 0 Å². The molecule has 16 heavy (non-hydrogen) atoms. The second-order valence-electron chi connectivity index (χ2n) is 4.42. The number of aliphatic hydroxyl groups is 1. The van der Waals surface area contributed by atoms with Crippen LogP contribution in [-0.2, 0) is 4.79 Å². The molecule has 0 aliphatic carbocycles. The lowest BCUT2D eigenvalue weighted by Crippen LogP contribution is -2.72. The Labute approximate surface area is 89.0 Å². The molecule has 2 fully saturated rings. The molecule has 2 atom stereocenters. The SMILES string of the molecule is CC1CN2C(=O)CCC2(O)C(F)(F)C1(F)F. The maximum absolute atomic E-state index is 13.6. The molecule has 1 N–H and O–H groups in total. The summed E-state index contributed by atoms with van der Waals surface area (Å²) in [4.78, 5) is 11.7. The maximum atomic E-state index is 13.6. The Morgan fingerprint density at radius 1 is 1.38 bits per heavy atom. The molecule has 0 aromatic heterocycles. The summed E-state index contributed by atoms with van der Waals surface area (Å²) in [5.41, 5.74) is -3.03. The van der Waals surface area contributed by atoms with E-state index >= 15 is 0 Å². The number of rotatable bonds is 0. The molecule has 2 saturated heterocycles. The van der Waals surface area contributed by atoms with Gasteiger partial charge in [0.1, 0.15) is 0 Å². The minimum atomic E-state index is -4.61. The monoisotopic (exact) mass is 241 g/mol. The van der Waals surface area contributed by atoms with Gasteiger partial charge >= 0.3 is 11.8 Å². The number of alkyl halides is 4. The Morgan fingerprint density at radius 3 is 2.50 bits per heavy atom. The average molecular weight is 241 g/mol. The third-order valence-electron chi connectivity index (χ3n) is 3.43. The van der Waals surface area contributed by atoms with Crippen LogP contribution < -0.4 is 0 Å². The van der Waals surface area contributed by atoms with Crippen molar-refractivity contribution in [1.82, 2.24) is 4.90 Å². The molecule has 3 nitrogen and oxygen atoms in total. The fourth-order valence-electron chi connectivity index (χ4n) is 2.30. The molecule has 2 rings (SSSR count). The van der Waals surface area contributed by atoms with Crippen molar-refractivity contribution in [2.75, 3.05) is 6.54 Å². The lowest BCUT2D eigenvalue weighted by molar-refractivity contribution is -0.360. The summed E-state index contributed by atoms with van der Waals surface area (Å²) in [7, 11) is 0. The molecule has 0 aromatic carbocycles. The van der Waals surface area contributed by atoms with Crippen molar-refractivity contribution in [2.45, 2.75) is 37.3 Å². The molecule has 0 radical (unpaired) electrons. The van der Waals surface area contributed by atoms with Gasteiger partial charge in [-0.25, -0.2) is 0 Å². The van der Waals surface area contributed by atoms with E-state index < -0.39 is 42.4 Å². The van der Waals surface area contributed by atoms with Gasteiger partial charge in [0.2, 0.25) is 11.6 Å². The number of carbonyl (C=O) groups excluding carboxylic acids is 1. The van der Waals surface area contributed by atoms with Gasteiger partial charge in [0.25, 0.3) is 0 Å². The van der Waals surface area contributed by atoms with Crippen LogP contribution in [0.25, 0.3) is 0 Å². The standard InChI is InChI=1S/C9H11F4NO2/c1-5-4-14-6(15)2-3-7(14,16)9(12,13)8(5,10)11/h5,16H,2-4H2,1H3. The molecule has 2 heterocycles. The Morgan fingerprint density at radius 2 is 1.94 bits per heavy atom. The minimum absolute atomic E-state index is 0.325. The van der Waals surface area contributed by atoms with Crippen LogP contribution in [0.2, 0.25) is 0 Å². The lowest BCUT2D eigenvalue weighted by Gasteiger charge is -2.49. The third kappa shape index (κ3) is 1.04. The van der Waals surface area contributed by atoms with E-state index in [1.165, 1.54) is 0 Å². The van der Waals surface area contributed by atoms with Crippen LogP contribution in [0.1, 0.15) is 19.8 Å². The highest BCUT2D eigenvalue weighted by atomic mass is 19.3. The molecule has 2 aliphatic heterocycles. The zero-order valence-electron chi connectivity index (χ0n) is 8.51.